The molecular weight excluding hydrogens is 294 g/mol. The molecule has 0 unspecified atom stereocenters. The maximum Gasteiger partial charge on any atom is 0.255 e. The van der Waals surface area contributed by atoms with Gasteiger partial charge in [-0.15, -0.1) is 0 Å². The minimum atomic E-state index is -0.276. The summed E-state index contributed by atoms with van der Waals surface area (Å²) in [5.74, 6) is 0.578. The zero-order valence-electron chi connectivity index (χ0n) is 13.2. The van der Waals surface area contributed by atoms with Gasteiger partial charge in [0.2, 0.25) is 0 Å². The van der Waals surface area contributed by atoms with Crippen molar-refractivity contribution in [3.63, 3.8) is 0 Å². The molecule has 122 valence electrons. The molecule has 7 nitrogen and oxygen atoms in total. The average Bonchev–Trinajstić information content (AvgIpc) is 2.96. The van der Waals surface area contributed by atoms with Crippen LogP contribution in [0.3, 0.4) is 0 Å². The van der Waals surface area contributed by atoms with Crippen LogP contribution in [0, 0.1) is 5.92 Å². The normalized spacial score (nSPS) is 21.3. The molecule has 2 aromatic heterocycles. The molecule has 0 radical (unpaired) electrons. The number of carbonyl (C=O) groups is 1. The molecule has 2 heterocycles. The van der Waals surface area contributed by atoms with Gasteiger partial charge < -0.3 is 15.7 Å². The maximum absolute atomic E-state index is 12.7. The average molecular weight is 315 g/mol. The Bertz CT molecular complexity index is 693. The van der Waals surface area contributed by atoms with Gasteiger partial charge in [-0.1, -0.05) is 0 Å². The molecule has 0 bridgehead atoms. The van der Waals surface area contributed by atoms with Crippen LogP contribution in [0.1, 0.15) is 34.8 Å². The Morgan fingerprint density at radius 2 is 2.26 bits per heavy atom. The highest BCUT2D eigenvalue weighted by atomic mass is 16.3. The van der Waals surface area contributed by atoms with E-state index in [-0.39, 0.29) is 24.0 Å². The summed E-state index contributed by atoms with van der Waals surface area (Å²) in [6, 6.07) is 3.32. The van der Waals surface area contributed by atoms with Crippen LogP contribution in [0.4, 0.5) is 5.82 Å². The first-order valence-corrected chi connectivity index (χ1v) is 7.68. The first-order valence-electron chi connectivity index (χ1n) is 7.68. The molecule has 0 spiro atoms. The third-order valence-corrected chi connectivity index (χ3v) is 4.28. The molecule has 23 heavy (non-hydrogen) atoms. The lowest BCUT2D eigenvalue weighted by Crippen LogP contribution is -2.41. The van der Waals surface area contributed by atoms with E-state index in [1.165, 1.54) is 0 Å². The smallest absolute Gasteiger partial charge is 0.255 e. The zero-order valence-corrected chi connectivity index (χ0v) is 13.2. The van der Waals surface area contributed by atoms with E-state index in [1.54, 1.807) is 36.3 Å². The number of aromatic nitrogens is 3. The van der Waals surface area contributed by atoms with Crippen molar-refractivity contribution >= 4 is 11.7 Å². The Labute approximate surface area is 134 Å². The molecule has 1 saturated carbocycles. The molecule has 1 fully saturated rings. The Hall–Kier alpha value is -2.41. The van der Waals surface area contributed by atoms with Gasteiger partial charge in [-0.25, -0.2) is 4.98 Å². The van der Waals surface area contributed by atoms with Crippen molar-refractivity contribution in [1.82, 2.24) is 20.1 Å². The molecule has 0 saturated heterocycles. The van der Waals surface area contributed by atoms with E-state index in [4.69, 9.17) is 0 Å². The number of anilines is 1. The van der Waals surface area contributed by atoms with Crippen molar-refractivity contribution in [3.05, 3.63) is 41.9 Å². The van der Waals surface area contributed by atoms with Gasteiger partial charge in [0, 0.05) is 32.1 Å². The number of rotatable bonds is 5. The summed E-state index contributed by atoms with van der Waals surface area (Å²) in [5.41, 5.74) is 1.46. The third-order valence-electron chi connectivity index (χ3n) is 4.28. The summed E-state index contributed by atoms with van der Waals surface area (Å²) in [6.07, 6.45) is 6.40. The van der Waals surface area contributed by atoms with Crippen LogP contribution in [0.15, 0.2) is 30.7 Å². The Kier molecular flexibility index (Phi) is 4.29. The Balaban J connectivity index is 1.82. The van der Waals surface area contributed by atoms with Gasteiger partial charge in [-0.3, -0.25) is 9.48 Å². The van der Waals surface area contributed by atoms with Gasteiger partial charge in [-0.05, 0) is 30.9 Å². The van der Waals surface area contributed by atoms with Crippen LogP contribution in [0.25, 0.3) is 0 Å². The van der Waals surface area contributed by atoms with Crippen molar-refractivity contribution < 1.29 is 9.90 Å². The Morgan fingerprint density at radius 3 is 2.87 bits per heavy atom. The maximum atomic E-state index is 12.7. The van der Waals surface area contributed by atoms with Crippen LogP contribution >= 0.6 is 0 Å². The number of nitrogens with one attached hydrogen (secondary N) is 2. The highest BCUT2D eigenvalue weighted by molar-refractivity contribution is 5.98. The van der Waals surface area contributed by atoms with Gasteiger partial charge in [-0.2, -0.15) is 5.10 Å². The van der Waals surface area contributed by atoms with E-state index in [0.29, 0.717) is 24.2 Å². The lowest BCUT2D eigenvalue weighted by Gasteiger charge is -2.37. The Morgan fingerprint density at radius 1 is 1.48 bits per heavy atom. The quantitative estimate of drug-likeness (QED) is 0.768. The third kappa shape index (κ3) is 3.19. The molecule has 0 aromatic carbocycles. The molecule has 2 aromatic rings. The SMILES string of the molecule is CNc1ncccc1C(=O)N[C@H](c1cnn(C)c1)C1CC(O)C1. The van der Waals surface area contributed by atoms with E-state index in [2.05, 4.69) is 20.7 Å². The lowest BCUT2D eigenvalue weighted by atomic mass is 9.75. The summed E-state index contributed by atoms with van der Waals surface area (Å²) in [7, 11) is 3.58. The summed E-state index contributed by atoms with van der Waals surface area (Å²) in [6.45, 7) is 0. The molecule has 3 N–H and O–H groups in total. The second kappa shape index (κ2) is 6.37. The molecule has 1 aliphatic rings. The lowest BCUT2D eigenvalue weighted by molar-refractivity contribution is 0.0235. The van der Waals surface area contributed by atoms with Crippen molar-refractivity contribution in [3.8, 4) is 0 Å². The fraction of sp³-hybridized carbons (Fsp3) is 0.438. The van der Waals surface area contributed by atoms with Crippen molar-refractivity contribution in [2.24, 2.45) is 13.0 Å². The van der Waals surface area contributed by atoms with Crippen molar-refractivity contribution in [1.29, 1.82) is 0 Å². The molecule has 3 rings (SSSR count). The summed E-state index contributed by atoms with van der Waals surface area (Å²) in [4.78, 5) is 16.8. The second-order valence-corrected chi connectivity index (χ2v) is 5.93. The van der Waals surface area contributed by atoms with Crippen LogP contribution in [-0.4, -0.2) is 38.9 Å². The van der Waals surface area contributed by atoms with Crippen LogP contribution in [0.2, 0.25) is 0 Å². The fourth-order valence-electron chi connectivity index (χ4n) is 2.98. The number of hydrogen-bond donors (Lipinski definition) is 3. The van der Waals surface area contributed by atoms with Gasteiger partial charge in [0.05, 0.1) is 23.9 Å². The number of pyridine rings is 1. The van der Waals surface area contributed by atoms with Crippen LogP contribution < -0.4 is 10.6 Å². The molecule has 1 aliphatic carbocycles. The van der Waals surface area contributed by atoms with Gasteiger partial charge in [0.25, 0.3) is 5.91 Å². The number of hydrogen-bond acceptors (Lipinski definition) is 5. The van der Waals surface area contributed by atoms with E-state index in [0.717, 1.165) is 5.56 Å². The predicted molar refractivity (Wildman–Crippen MR) is 85.9 cm³/mol. The number of amides is 1. The first kappa shape index (κ1) is 15.5. The van der Waals surface area contributed by atoms with Gasteiger partial charge in [0.1, 0.15) is 5.82 Å². The molecule has 1 atom stereocenters. The fourth-order valence-corrected chi connectivity index (χ4v) is 2.98. The monoisotopic (exact) mass is 315 g/mol. The van der Waals surface area contributed by atoms with Crippen molar-refractivity contribution in [2.45, 2.75) is 25.0 Å². The standard InChI is InChI=1S/C16H21N5O2/c1-17-15-13(4-3-5-18-15)16(23)20-14(10-6-12(22)7-10)11-8-19-21(2)9-11/h3-5,8-10,12,14,22H,6-7H2,1-2H3,(H,17,18)(H,20,23)/t10?,12?,14-/m0/s1. The number of carbonyl (C=O) groups excluding carboxylic acids is 1. The highest BCUT2D eigenvalue weighted by Crippen LogP contribution is 2.38. The van der Waals surface area contributed by atoms with Gasteiger partial charge in [0.15, 0.2) is 0 Å². The highest BCUT2D eigenvalue weighted by Gasteiger charge is 2.36. The minimum Gasteiger partial charge on any atom is -0.393 e. The zero-order chi connectivity index (χ0) is 16.4. The summed E-state index contributed by atoms with van der Waals surface area (Å²) in [5, 5.41) is 19.8. The first-order chi connectivity index (χ1) is 11.1. The second-order valence-electron chi connectivity index (χ2n) is 5.93. The van der Waals surface area contributed by atoms with E-state index >= 15 is 0 Å². The number of aliphatic hydroxyl groups is 1. The van der Waals surface area contributed by atoms with E-state index < -0.39 is 0 Å². The molecular formula is C16H21N5O2. The summed E-state index contributed by atoms with van der Waals surface area (Å²) >= 11 is 0. The predicted octanol–water partition coefficient (Wildman–Crippen LogP) is 1.10. The largest absolute Gasteiger partial charge is 0.393 e. The number of aryl methyl sites for hydroxylation is 1. The number of nitrogens with zero attached hydrogens (tertiary/aromatic N) is 3. The number of aliphatic hydroxyl groups excluding tert-OH is 1. The van der Waals surface area contributed by atoms with Gasteiger partial charge >= 0.3 is 0 Å². The van der Waals surface area contributed by atoms with E-state index in [9.17, 15) is 9.90 Å². The van der Waals surface area contributed by atoms with Crippen LogP contribution in [0.5, 0.6) is 0 Å². The minimum absolute atomic E-state index is 0.162. The molecule has 0 aliphatic heterocycles. The topological polar surface area (TPSA) is 92.1 Å². The molecule has 7 heteroatoms. The summed E-state index contributed by atoms with van der Waals surface area (Å²) < 4.78 is 1.71. The molecule has 1 amide bonds. The van der Waals surface area contributed by atoms with E-state index in [1.807, 2.05) is 13.2 Å². The van der Waals surface area contributed by atoms with Crippen molar-refractivity contribution in [2.75, 3.05) is 12.4 Å². The van der Waals surface area contributed by atoms with Crippen LogP contribution in [-0.2, 0) is 7.05 Å².